The van der Waals surface area contributed by atoms with Crippen LogP contribution in [-0.4, -0.2) is 16.8 Å². The van der Waals surface area contributed by atoms with Crippen LogP contribution in [0.4, 0.5) is 0 Å². The lowest BCUT2D eigenvalue weighted by Crippen LogP contribution is -2.07. The first kappa shape index (κ1) is 8.14. The van der Waals surface area contributed by atoms with E-state index in [1.54, 1.807) is 0 Å². The summed E-state index contributed by atoms with van der Waals surface area (Å²) in [5.74, 6) is -0.721. The predicted molar refractivity (Wildman–Crippen MR) is 37.3 cm³/mol. The number of hydrogen-bond donors (Lipinski definition) is 3. The zero-order valence-corrected chi connectivity index (χ0v) is 5.56. The molecule has 0 aliphatic rings. The van der Waals surface area contributed by atoms with Crippen molar-refractivity contribution in [3.63, 3.8) is 0 Å². The first-order valence-corrected chi connectivity index (χ1v) is 2.86. The molecule has 0 aromatic heterocycles. The van der Waals surface area contributed by atoms with Gasteiger partial charge in [-0.1, -0.05) is 5.73 Å². The van der Waals surface area contributed by atoms with Crippen LogP contribution < -0.4 is 5.73 Å². The molecule has 0 rings (SSSR count). The van der Waals surface area contributed by atoms with E-state index < -0.39 is 5.97 Å². The molecule has 0 saturated heterocycles. The number of nitrogens with two attached hydrogens (primary N) is 1. The molecular formula is C5H7NO2S. The standard InChI is InChI=1S/C5H7NO2S/c6-4(5(7)8)2-1-3-9/h1,9H,3,6H2,(H,7,8). The molecule has 3 nitrogen and oxygen atoms in total. The molecule has 0 aromatic rings. The molecule has 0 spiro atoms. The van der Waals surface area contributed by atoms with E-state index in [1.165, 1.54) is 6.08 Å². The summed E-state index contributed by atoms with van der Waals surface area (Å²) >= 11 is 3.78. The molecule has 3 N–H and O–H groups in total. The van der Waals surface area contributed by atoms with Gasteiger partial charge in [-0.3, -0.25) is 0 Å². The number of rotatable bonds is 2. The second-order valence-corrected chi connectivity index (χ2v) is 1.62. The topological polar surface area (TPSA) is 63.3 Å². The quantitative estimate of drug-likeness (QED) is 0.291. The third-order valence-corrected chi connectivity index (χ3v) is 0.762. The maximum absolute atomic E-state index is 9.94. The molecule has 0 heterocycles. The number of carboxylic acids is 1. The predicted octanol–water partition coefficient (Wildman–Crippen LogP) is -0.00150. The Hall–Kier alpha value is -0.860. The second kappa shape index (κ2) is 4.06. The highest BCUT2D eigenvalue weighted by atomic mass is 32.1. The van der Waals surface area contributed by atoms with Gasteiger partial charge in [0.15, 0.2) is 5.70 Å². The van der Waals surface area contributed by atoms with Crippen LogP contribution in [0.2, 0.25) is 0 Å². The van der Waals surface area contributed by atoms with Gasteiger partial charge in [-0.2, -0.15) is 12.6 Å². The van der Waals surface area contributed by atoms with Crippen LogP contribution in [-0.2, 0) is 4.79 Å². The van der Waals surface area contributed by atoms with Crippen LogP contribution in [0.3, 0.4) is 0 Å². The van der Waals surface area contributed by atoms with Crippen molar-refractivity contribution in [3.8, 4) is 0 Å². The van der Waals surface area contributed by atoms with Gasteiger partial charge >= 0.3 is 5.97 Å². The van der Waals surface area contributed by atoms with Crippen molar-refractivity contribution in [3.05, 3.63) is 17.5 Å². The van der Waals surface area contributed by atoms with Gasteiger partial charge in [0.2, 0.25) is 0 Å². The number of thiol groups is 1. The fraction of sp³-hybridized carbons (Fsp3) is 0.200. The highest BCUT2D eigenvalue weighted by molar-refractivity contribution is 7.80. The third-order valence-electron chi connectivity index (χ3n) is 0.579. The third kappa shape index (κ3) is 3.70. The van der Waals surface area contributed by atoms with Crippen molar-refractivity contribution in [2.75, 3.05) is 5.75 Å². The van der Waals surface area contributed by atoms with Crippen molar-refractivity contribution in [1.82, 2.24) is 0 Å². The van der Waals surface area contributed by atoms with Crippen LogP contribution >= 0.6 is 12.6 Å². The second-order valence-electron chi connectivity index (χ2n) is 1.25. The highest BCUT2D eigenvalue weighted by Gasteiger charge is 1.95. The Balaban J connectivity index is 4.16. The lowest BCUT2D eigenvalue weighted by atomic mass is 10.5. The van der Waals surface area contributed by atoms with Crippen molar-refractivity contribution < 1.29 is 9.90 Å². The van der Waals surface area contributed by atoms with E-state index in [4.69, 9.17) is 10.8 Å². The monoisotopic (exact) mass is 145 g/mol. The molecule has 0 fully saturated rings. The lowest BCUT2D eigenvalue weighted by molar-refractivity contribution is -0.132. The molecule has 50 valence electrons. The fourth-order valence-corrected chi connectivity index (χ4v) is 0.309. The lowest BCUT2D eigenvalue weighted by Gasteiger charge is -1.83. The Morgan fingerprint density at radius 3 is 2.78 bits per heavy atom. The summed E-state index contributed by atoms with van der Waals surface area (Å²) in [4.78, 5) is 9.94. The van der Waals surface area contributed by atoms with Gasteiger partial charge in [-0.25, -0.2) is 4.79 Å². The van der Waals surface area contributed by atoms with E-state index in [2.05, 4.69) is 18.4 Å². The summed E-state index contributed by atoms with van der Waals surface area (Å²) in [5, 5.41) is 8.14. The van der Waals surface area contributed by atoms with Crippen LogP contribution in [0.15, 0.2) is 17.5 Å². The van der Waals surface area contributed by atoms with Gasteiger partial charge in [0.05, 0.1) is 0 Å². The molecule has 0 amide bonds. The largest absolute Gasteiger partial charge is 0.476 e. The smallest absolute Gasteiger partial charge is 0.359 e. The molecule has 0 atom stereocenters. The number of carbonyl (C=O) groups is 1. The molecule has 0 bridgehead atoms. The summed E-state index contributed by atoms with van der Waals surface area (Å²) < 4.78 is 0. The Morgan fingerprint density at radius 2 is 2.44 bits per heavy atom. The molecule has 0 aliphatic carbocycles. The zero-order chi connectivity index (χ0) is 7.28. The van der Waals surface area contributed by atoms with Crippen LogP contribution in [0.1, 0.15) is 0 Å². The molecule has 0 radical (unpaired) electrons. The molecule has 4 heteroatoms. The van der Waals surface area contributed by atoms with Crippen LogP contribution in [0.5, 0.6) is 0 Å². The summed E-state index contributed by atoms with van der Waals surface area (Å²) in [5.41, 5.74) is 6.98. The first-order chi connectivity index (χ1) is 4.18. The van der Waals surface area contributed by atoms with Crippen LogP contribution in [0, 0.1) is 0 Å². The van der Waals surface area contributed by atoms with Crippen molar-refractivity contribution in [2.24, 2.45) is 5.73 Å². The highest BCUT2D eigenvalue weighted by Crippen LogP contribution is 1.79. The van der Waals surface area contributed by atoms with Gasteiger partial charge in [0, 0.05) is 5.75 Å². The maximum atomic E-state index is 9.94. The average molecular weight is 145 g/mol. The summed E-state index contributed by atoms with van der Waals surface area (Å²) in [6.07, 6.45) is 1.44. The van der Waals surface area contributed by atoms with Crippen molar-refractivity contribution >= 4 is 18.6 Å². The Morgan fingerprint density at radius 1 is 1.89 bits per heavy atom. The minimum Gasteiger partial charge on any atom is -0.476 e. The number of carboxylic acid groups (broad SMARTS) is 1. The molecule has 0 unspecified atom stereocenters. The minimum atomic E-state index is -1.16. The van der Waals surface area contributed by atoms with E-state index in [-0.39, 0.29) is 5.70 Å². The van der Waals surface area contributed by atoms with Gasteiger partial charge in [-0.15, -0.1) is 0 Å². The van der Waals surface area contributed by atoms with Gasteiger partial charge < -0.3 is 10.8 Å². The molecule has 0 aliphatic heterocycles. The average Bonchev–Trinajstić information content (AvgIpc) is 1.82. The summed E-state index contributed by atoms with van der Waals surface area (Å²) in [7, 11) is 0. The van der Waals surface area contributed by atoms with E-state index >= 15 is 0 Å². The molecule has 0 saturated carbocycles. The maximum Gasteiger partial charge on any atom is 0.359 e. The number of hydrogen-bond acceptors (Lipinski definition) is 3. The Labute approximate surface area is 58.3 Å². The molecule has 0 aromatic carbocycles. The summed E-state index contributed by atoms with van der Waals surface area (Å²) in [6.45, 7) is 0. The van der Waals surface area contributed by atoms with Gasteiger partial charge in [0.25, 0.3) is 0 Å². The molecular weight excluding hydrogens is 138 g/mol. The SMILES string of the molecule is NC(=C=CCS)C(=O)O. The van der Waals surface area contributed by atoms with E-state index in [0.29, 0.717) is 5.75 Å². The first-order valence-electron chi connectivity index (χ1n) is 2.23. The van der Waals surface area contributed by atoms with E-state index in [9.17, 15) is 4.79 Å². The Bertz CT molecular complexity index is 170. The fourth-order valence-electron chi connectivity index (χ4n) is 0.217. The van der Waals surface area contributed by atoms with Crippen molar-refractivity contribution in [1.29, 1.82) is 0 Å². The van der Waals surface area contributed by atoms with Crippen LogP contribution in [0.25, 0.3) is 0 Å². The summed E-state index contributed by atoms with van der Waals surface area (Å²) in [6, 6.07) is 0. The van der Waals surface area contributed by atoms with Gasteiger partial charge in [-0.05, 0) is 6.08 Å². The minimum absolute atomic E-state index is 0.288. The van der Waals surface area contributed by atoms with E-state index in [1.807, 2.05) is 0 Å². The zero-order valence-electron chi connectivity index (χ0n) is 4.66. The van der Waals surface area contributed by atoms with Crippen molar-refractivity contribution in [2.45, 2.75) is 0 Å². The Kier molecular flexibility index (Phi) is 3.67. The normalized spacial score (nSPS) is 7.67. The molecule has 9 heavy (non-hydrogen) atoms. The van der Waals surface area contributed by atoms with E-state index in [0.717, 1.165) is 0 Å². The number of aliphatic carboxylic acids is 1. The van der Waals surface area contributed by atoms with Gasteiger partial charge in [0.1, 0.15) is 0 Å².